The van der Waals surface area contributed by atoms with Gasteiger partial charge in [0.05, 0.1) is 5.52 Å². The molecule has 4 rings (SSSR count). The number of halogens is 1. The van der Waals surface area contributed by atoms with Crippen molar-refractivity contribution in [2.24, 2.45) is 5.11 Å². The molecule has 31 heavy (non-hydrogen) atoms. The van der Waals surface area contributed by atoms with Crippen LogP contribution in [0.5, 0.6) is 0 Å². The van der Waals surface area contributed by atoms with Gasteiger partial charge in [-0.1, -0.05) is 57.4 Å². The molecule has 0 unspecified atom stereocenters. The molecule has 0 bridgehead atoms. The highest BCUT2D eigenvalue weighted by Crippen LogP contribution is 2.36. The summed E-state index contributed by atoms with van der Waals surface area (Å²) >= 11 is 3.37. The van der Waals surface area contributed by atoms with E-state index < -0.39 is 24.1 Å². The molecule has 1 aliphatic heterocycles. The Morgan fingerprint density at radius 1 is 1.26 bits per heavy atom. The maximum atomic E-state index is 13.5. The second-order valence-corrected chi connectivity index (χ2v) is 7.87. The van der Waals surface area contributed by atoms with E-state index >= 15 is 0 Å². The second-order valence-electron chi connectivity index (χ2n) is 6.95. The van der Waals surface area contributed by atoms with Gasteiger partial charge in [-0.15, -0.1) is 0 Å². The van der Waals surface area contributed by atoms with Gasteiger partial charge in [0.2, 0.25) is 11.8 Å². The van der Waals surface area contributed by atoms with Crippen LogP contribution < -0.4 is 0 Å². The molecule has 9 nitrogen and oxygen atoms in total. The van der Waals surface area contributed by atoms with Crippen molar-refractivity contribution in [3.8, 4) is 0 Å². The van der Waals surface area contributed by atoms with Gasteiger partial charge in [-0.25, -0.2) is 9.69 Å². The van der Waals surface area contributed by atoms with Crippen LogP contribution in [0.1, 0.15) is 34.9 Å². The number of aromatic nitrogens is 1. The summed E-state index contributed by atoms with van der Waals surface area (Å²) in [6.07, 6.45) is 0.658. The molecular formula is C21H16BrN5O4. The minimum atomic E-state index is -1.36. The number of ether oxygens (including phenoxy) is 1. The monoisotopic (exact) mass is 481 g/mol. The minimum absolute atomic E-state index is 0.000271. The summed E-state index contributed by atoms with van der Waals surface area (Å²) in [6, 6.07) is 12.2. The molecule has 0 spiro atoms. The van der Waals surface area contributed by atoms with Crippen LogP contribution in [0.3, 0.4) is 0 Å². The molecule has 2 atom stereocenters. The molecule has 0 saturated carbocycles. The Labute approximate surface area is 184 Å². The third-order valence-electron chi connectivity index (χ3n) is 5.13. The minimum Gasteiger partial charge on any atom is -0.446 e. The van der Waals surface area contributed by atoms with E-state index in [-0.39, 0.29) is 12.5 Å². The first-order chi connectivity index (χ1) is 14.9. The molecule has 10 heteroatoms. The van der Waals surface area contributed by atoms with Gasteiger partial charge in [0.1, 0.15) is 18.7 Å². The molecule has 156 valence electrons. The second kappa shape index (κ2) is 8.25. The summed E-state index contributed by atoms with van der Waals surface area (Å²) in [7, 11) is 0. The molecule has 0 N–H and O–H groups in total. The van der Waals surface area contributed by atoms with Crippen LogP contribution in [0.2, 0.25) is 0 Å². The SMILES string of the molecule is CC(=O)n1cc([C@H](N=[N+]=[N-])C(=O)N2C(=O)OC[C@H]2c2ccccc2)c2ccc(Br)cc21. The smallest absolute Gasteiger partial charge is 0.417 e. The lowest BCUT2D eigenvalue weighted by molar-refractivity contribution is -0.130. The van der Waals surface area contributed by atoms with Crippen LogP contribution in [0.4, 0.5) is 4.79 Å². The zero-order valence-electron chi connectivity index (χ0n) is 16.3. The number of carbonyl (C=O) groups is 3. The summed E-state index contributed by atoms with van der Waals surface area (Å²) in [5, 5.41) is 4.25. The van der Waals surface area contributed by atoms with Gasteiger partial charge in [-0.3, -0.25) is 14.2 Å². The fourth-order valence-corrected chi connectivity index (χ4v) is 4.07. The first-order valence-electron chi connectivity index (χ1n) is 9.32. The van der Waals surface area contributed by atoms with E-state index in [0.29, 0.717) is 16.5 Å². The van der Waals surface area contributed by atoms with Crippen LogP contribution in [0.25, 0.3) is 21.3 Å². The fourth-order valence-electron chi connectivity index (χ4n) is 3.72. The zero-order chi connectivity index (χ0) is 22.1. The number of benzene rings is 2. The number of hydrogen-bond donors (Lipinski definition) is 0. The highest BCUT2D eigenvalue weighted by molar-refractivity contribution is 9.10. The van der Waals surface area contributed by atoms with Crippen molar-refractivity contribution < 1.29 is 19.1 Å². The Morgan fingerprint density at radius 2 is 2.00 bits per heavy atom. The van der Waals surface area contributed by atoms with Gasteiger partial charge >= 0.3 is 6.09 Å². The van der Waals surface area contributed by atoms with Gasteiger partial charge in [-0.2, -0.15) is 0 Å². The van der Waals surface area contributed by atoms with Crippen molar-refractivity contribution in [2.45, 2.75) is 19.0 Å². The Morgan fingerprint density at radius 3 is 2.68 bits per heavy atom. The fraction of sp³-hybridized carbons (Fsp3) is 0.190. The summed E-state index contributed by atoms with van der Waals surface area (Å²) in [5.41, 5.74) is 10.8. The van der Waals surface area contributed by atoms with Gasteiger partial charge in [0.15, 0.2) is 0 Å². The van der Waals surface area contributed by atoms with Crippen molar-refractivity contribution in [2.75, 3.05) is 6.61 Å². The molecule has 2 aromatic carbocycles. The molecule has 3 aromatic rings. The Bertz CT molecular complexity index is 1250. The number of fused-ring (bicyclic) bond motifs is 1. The molecular weight excluding hydrogens is 466 g/mol. The summed E-state index contributed by atoms with van der Waals surface area (Å²) in [5.74, 6) is -0.996. The third-order valence-corrected chi connectivity index (χ3v) is 5.62. The highest BCUT2D eigenvalue weighted by atomic mass is 79.9. The van der Waals surface area contributed by atoms with Gasteiger partial charge in [0.25, 0.3) is 0 Å². The van der Waals surface area contributed by atoms with Crippen LogP contribution in [0, 0.1) is 0 Å². The average molecular weight is 482 g/mol. The van der Waals surface area contributed by atoms with Gasteiger partial charge < -0.3 is 4.74 Å². The topological polar surface area (TPSA) is 117 Å². The van der Waals surface area contributed by atoms with E-state index in [9.17, 15) is 14.4 Å². The van der Waals surface area contributed by atoms with E-state index in [1.165, 1.54) is 17.7 Å². The molecule has 1 aliphatic rings. The third kappa shape index (κ3) is 3.67. The summed E-state index contributed by atoms with van der Waals surface area (Å²) < 4.78 is 7.25. The maximum Gasteiger partial charge on any atom is 0.417 e. The van der Waals surface area contributed by atoms with Crippen LogP contribution >= 0.6 is 15.9 Å². The van der Waals surface area contributed by atoms with Gasteiger partial charge in [0, 0.05) is 27.9 Å². The molecule has 0 radical (unpaired) electrons. The van der Waals surface area contributed by atoms with Crippen LogP contribution in [0.15, 0.2) is 64.3 Å². The lowest BCUT2D eigenvalue weighted by Gasteiger charge is -2.22. The van der Waals surface area contributed by atoms with E-state index in [2.05, 4.69) is 26.0 Å². The van der Waals surface area contributed by atoms with Crippen molar-refractivity contribution in [3.63, 3.8) is 0 Å². The molecule has 0 aliphatic carbocycles. The van der Waals surface area contributed by atoms with Crippen molar-refractivity contribution >= 4 is 44.7 Å². The van der Waals surface area contributed by atoms with Gasteiger partial charge in [-0.05, 0) is 28.8 Å². The zero-order valence-corrected chi connectivity index (χ0v) is 17.9. The van der Waals surface area contributed by atoms with Crippen LogP contribution in [-0.4, -0.2) is 34.0 Å². The molecule has 2 heterocycles. The summed E-state index contributed by atoms with van der Waals surface area (Å²) in [6.45, 7) is 1.39. The Hall–Kier alpha value is -3.62. The lowest BCUT2D eigenvalue weighted by Crippen LogP contribution is -2.37. The molecule has 1 fully saturated rings. The number of imide groups is 1. The highest BCUT2D eigenvalue weighted by Gasteiger charge is 2.42. The first kappa shape index (κ1) is 20.6. The van der Waals surface area contributed by atoms with Crippen molar-refractivity contribution in [1.82, 2.24) is 9.47 Å². The number of carbonyl (C=O) groups excluding carboxylic acids is 3. The molecule has 2 amide bonds. The standard InChI is InChI=1S/C21H16BrN5O4/c1-12(28)26-10-16(15-8-7-14(22)9-17(15)26)19(24-25-23)20(29)27-18(11-31-21(27)30)13-5-3-2-4-6-13/h2-10,18-19H,11H2,1H3/t18-,19-/m0/s1. The van der Waals surface area contributed by atoms with E-state index in [4.69, 9.17) is 10.3 Å². The predicted molar refractivity (Wildman–Crippen MR) is 115 cm³/mol. The molecule has 1 saturated heterocycles. The predicted octanol–water partition coefficient (Wildman–Crippen LogP) is 5.14. The lowest BCUT2D eigenvalue weighted by atomic mass is 10.0. The quantitative estimate of drug-likeness (QED) is 0.291. The van der Waals surface area contributed by atoms with E-state index in [1.807, 2.05) is 6.07 Å². The Balaban J connectivity index is 1.83. The largest absolute Gasteiger partial charge is 0.446 e. The number of cyclic esters (lactones) is 1. The number of hydrogen-bond acceptors (Lipinski definition) is 5. The summed E-state index contributed by atoms with van der Waals surface area (Å²) in [4.78, 5) is 41.9. The number of rotatable bonds is 4. The first-order valence-corrected chi connectivity index (χ1v) is 10.1. The van der Waals surface area contributed by atoms with Crippen molar-refractivity contribution in [3.05, 3.63) is 80.8 Å². The van der Waals surface area contributed by atoms with E-state index in [0.717, 1.165) is 14.9 Å². The maximum absolute atomic E-state index is 13.5. The van der Waals surface area contributed by atoms with Crippen molar-refractivity contribution in [1.29, 1.82) is 0 Å². The Kier molecular flexibility index (Phi) is 5.50. The normalized spacial score (nSPS) is 16.6. The van der Waals surface area contributed by atoms with E-state index in [1.54, 1.807) is 42.5 Å². The number of nitrogens with zero attached hydrogens (tertiary/aromatic N) is 5. The number of amides is 2. The average Bonchev–Trinajstić information content (AvgIpc) is 3.32. The number of azide groups is 1. The molecule has 1 aromatic heterocycles. The van der Waals surface area contributed by atoms with Crippen LogP contribution in [-0.2, 0) is 9.53 Å².